The van der Waals surface area contributed by atoms with E-state index in [0.717, 1.165) is 0 Å². The summed E-state index contributed by atoms with van der Waals surface area (Å²) in [7, 11) is 0. The van der Waals surface area contributed by atoms with E-state index in [0.29, 0.717) is 0 Å². The molecule has 0 rings (SSSR count). The Balaban J connectivity index is 4.91. The normalized spacial score (nSPS) is 11.7. The number of aliphatic carboxylic acids is 3. The predicted octanol–water partition coefficient (Wildman–Crippen LogP) is -0.408. The third-order valence-corrected chi connectivity index (χ3v) is 1.99. The summed E-state index contributed by atoms with van der Waals surface area (Å²) < 4.78 is 4.46. The number of carbonyl (C=O) groups is 4. The van der Waals surface area contributed by atoms with Crippen molar-refractivity contribution in [1.29, 1.82) is 0 Å². The smallest absolute Gasteiger partial charge is 0.333 e. The minimum absolute atomic E-state index is 0.0126. The molecule has 0 aromatic carbocycles. The Bertz CT molecular complexity index is 383. The first kappa shape index (κ1) is 15.6. The van der Waals surface area contributed by atoms with Gasteiger partial charge in [-0.3, -0.25) is 14.4 Å². The second-order valence-electron chi connectivity index (χ2n) is 3.48. The lowest BCUT2D eigenvalue weighted by Gasteiger charge is -2.16. The van der Waals surface area contributed by atoms with Gasteiger partial charge in [0.1, 0.15) is 12.5 Å². The zero-order valence-electron chi connectivity index (χ0n) is 9.45. The van der Waals surface area contributed by atoms with E-state index in [1.807, 2.05) is 0 Å². The molecule has 3 N–H and O–H groups in total. The van der Waals surface area contributed by atoms with Gasteiger partial charge in [0, 0.05) is 5.57 Å². The van der Waals surface area contributed by atoms with E-state index < -0.39 is 42.3 Å². The topological polar surface area (TPSA) is 138 Å². The maximum atomic E-state index is 11.0. The summed E-state index contributed by atoms with van der Waals surface area (Å²) in [5.74, 6) is -10.3. The van der Waals surface area contributed by atoms with Crippen LogP contribution in [0.2, 0.25) is 0 Å². The number of hydrogen-bond acceptors (Lipinski definition) is 5. The Hall–Kier alpha value is -2.38. The number of ether oxygens (including phenoxy) is 1. The molecule has 1 unspecified atom stereocenters. The van der Waals surface area contributed by atoms with Crippen LogP contribution in [-0.4, -0.2) is 45.8 Å². The molecule has 0 aromatic rings. The van der Waals surface area contributed by atoms with Crippen molar-refractivity contribution in [1.82, 2.24) is 0 Å². The highest BCUT2D eigenvalue weighted by Gasteiger charge is 2.40. The molecule has 100 valence electrons. The zero-order chi connectivity index (χ0) is 14.5. The fourth-order valence-electron chi connectivity index (χ4n) is 1.05. The van der Waals surface area contributed by atoms with Crippen LogP contribution in [0.5, 0.6) is 0 Å². The first-order valence-corrected chi connectivity index (χ1v) is 4.69. The Labute approximate surface area is 101 Å². The number of carboxylic acid groups (broad SMARTS) is 3. The molecule has 0 fully saturated rings. The quantitative estimate of drug-likeness (QED) is 0.319. The van der Waals surface area contributed by atoms with Crippen LogP contribution < -0.4 is 0 Å². The maximum Gasteiger partial charge on any atom is 0.333 e. The van der Waals surface area contributed by atoms with Crippen molar-refractivity contribution >= 4 is 23.9 Å². The molecule has 0 aliphatic carbocycles. The van der Waals surface area contributed by atoms with Crippen LogP contribution in [0.3, 0.4) is 0 Å². The molecule has 1 atom stereocenters. The molecule has 8 nitrogen and oxygen atoms in total. The molecule has 8 heteroatoms. The van der Waals surface area contributed by atoms with Gasteiger partial charge >= 0.3 is 23.9 Å². The van der Waals surface area contributed by atoms with Gasteiger partial charge in [-0.25, -0.2) is 4.79 Å². The fraction of sp³-hybridized carbons (Fsp3) is 0.400. The Morgan fingerprint density at radius 3 is 1.78 bits per heavy atom. The average Bonchev–Trinajstić information content (AvgIpc) is 2.21. The summed E-state index contributed by atoms with van der Waals surface area (Å²) in [6, 6.07) is 0. The second-order valence-corrected chi connectivity index (χ2v) is 3.48. The number of rotatable bonds is 7. The van der Waals surface area contributed by atoms with E-state index in [1.165, 1.54) is 6.92 Å². The molecule has 0 aliphatic heterocycles. The lowest BCUT2D eigenvalue weighted by atomic mass is 9.93. The molecule has 18 heavy (non-hydrogen) atoms. The molecule has 0 saturated carbocycles. The van der Waals surface area contributed by atoms with E-state index in [-0.39, 0.29) is 5.57 Å². The van der Waals surface area contributed by atoms with Gasteiger partial charge in [0.2, 0.25) is 0 Å². The minimum atomic E-state index is -2.19. The molecular weight excluding hydrogens is 248 g/mol. The van der Waals surface area contributed by atoms with E-state index in [9.17, 15) is 19.2 Å². The molecule has 0 radical (unpaired) electrons. The number of carbonyl (C=O) groups excluding carboxylic acids is 1. The molecule has 0 spiro atoms. The van der Waals surface area contributed by atoms with Crippen LogP contribution in [-0.2, 0) is 23.9 Å². The van der Waals surface area contributed by atoms with Crippen LogP contribution in [0.15, 0.2) is 12.2 Å². The van der Waals surface area contributed by atoms with Crippen LogP contribution in [0.4, 0.5) is 0 Å². The van der Waals surface area contributed by atoms with Crippen molar-refractivity contribution in [2.24, 2.45) is 11.8 Å². The zero-order valence-corrected chi connectivity index (χ0v) is 9.45. The Kier molecular flexibility index (Phi) is 5.54. The first-order valence-electron chi connectivity index (χ1n) is 4.69. The van der Waals surface area contributed by atoms with Crippen LogP contribution in [0.25, 0.3) is 0 Å². The third-order valence-electron chi connectivity index (χ3n) is 1.99. The summed E-state index contributed by atoms with van der Waals surface area (Å²) >= 11 is 0. The molecule has 0 amide bonds. The van der Waals surface area contributed by atoms with Gasteiger partial charge in [-0.1, -0.05) is 6.58 Å². The fourth-order valence-corrected chi connectivity index (χ4v) is 1.05. The van der Waals surface area contributed by atoms with Crippen LogP contribution >= 0.6 is 0 Å². The predicted molar refractivity (Wildman–Crippen MR) is 55.7 cm³/mol. The van der Waals surface area contributed by atoms with E-state index in [4.69, 9.17) is 15.3 Å². The van der Waals surface area contributed by atoms with E-state index in [2.05, 4.69) is 11.3 Å². The number of carboxylic acids is 3. The lowest BCUT2D eigenvalue weighted by molar-refractivity contribution is -0.168. The van der Waals surface area contributed by atoms with Gasteiger partial charge in [-0.15, -0.1) is 0 Å². The highest BCUT2D eigenvalue weighted by Crippen LogP contribution is 2.15. The van der Waals surface area contributed by atoms with Gasteiger partial charge in [-0.05, 0) is 6.92 Å². The molecule has 0 aliphatic rings. The first-order chi connectivity index (χ1) is 8.18. The summed E-state index contributed by atoms with van der Waals surface area (Å²) in [6.45, 7) is 3.69. The van der Waals surface area contributed by atoms with Crippen molar-refractivity contribution in [3.8, 4) is 0 Å². The van der Waals surface area contributed by atoms with Gasteiger partial charge in [0.25, 0.3) is 0 Å². The van der Waals surface area contributed by atoms with Crippen molar-refractivity contribution in [3.05, 3.63) is 12.2 Å². The van der Waals surface area contributed by atoms with Crippen molar-refractivity contribution < 1.29 is 39.2 Å². The largest absolute Gasteiger partial charge is 0.481 e. The molecular formula is C10H12O8. The molecule has 0 heterocycles. The summed E-state index contributed by atoms with van der Waals surface area (Å²) in [4.78, 5) is 43.1. The number of esters is 1. The SMILES string of the molecule is C=C(C)C(=O)OCC(C(=O)O)C(C(=O)O)C(=O)O. The highest BCUT2D eigenvalue weighted by atomic mass is 16.5. The summed E-state index contributed by atoms with van der Waals surface area (Å²) in [6.07, 6.45) is 0. The maximum absolute atomic E-state index is 11.0. The molecule has 0 aromatic heterocycles. The van der Waals surface area contributed by atoms with Crippen molar-refractivity contribution in [3.63, 3.8) is 0 Å². The van der Waals surface area contributed by atoms with Crippen LogP contribution in [0.1, 0.15) is 6.92 Å². The standard InChI is InChI=1S/C10H12O8/c1-4(2)10(17)18-3-5(7(11)12)6(8(13)14)9(15)16/h5-6H,1,3H2,2H3,(H,11,12)(H,13,14)(H,15,16). The molecule has 0 bridgehead atoms. The van der Waals surface area contributed by atoms with Gasteiger partial charge in [-0.2, -0.15) is 0 Å². The van der Waals surface area contributed by atoms with E-state index in [1.54, 1.807) is 0 Å². The Morgan fingerprint density at radius 1 is 1.06 bits per heavy atom. The van der Waals surface area contributed by atoms with Crippen molar-refractivity contribution in [2.45, 2.75) is 6.92 Å². The van der Waals surface area contributed by atoms with Crippen LogP contribution in [0, 0.1) is 11.8 Å². The van der Waals surface area contributed by atoms with Gasteiger partial charge in [0.05, 0.1) is 0 Å². The summed E-state index contributed by atoms with van der Waals surface area (Å²) in [5.41, 5.74) is -0.0126. The minimum Gasteiger partial charge on any atom is -0.481 e. The second kappa shape index (κ2) is 6.38. The highest BCUT2D eigenvalue weighted by molar-refractivity contribution is 5.97. The van der Waals surface area contributed by atoms with Crippen molar-refractivity contribution in [2.75, 3.05) is 6.61 Å². The Morgan fingerprint density at radius 2 is 1.50 bits per heavy atom. The summed E-state index contributed by atoms with van der Waals surface area (Å²) in [5, 5.41) is 26.0. The molecule has 0 saturated heterocycles. The third kappa shape index (κ3) is 4.24. The van der Waals surface area contributed by atoms with Gasteiger partial charge < -0.3 is 20.1 Å². The number of hydrogen-bond donors (Lipinski definition) is 3. The lowest BCUT2D eigenvalue weighted by Crippen LogP contribution is -2.39. The average molecular weight is 260 g/mol. The monoisotopic (exact) mass is 260 g/mol. The van der Waals surface area contributed by atoms with E-state index >= 15 is 0 Å². The van der Waals surface area contributed by atoms with Gasteiger partial charge in [0.15, 0.2) is 5.92 Å².